The first kappa shape index (κ1) is 13.7. The van der Waals surface area contributed by atoms with Crippen molar-refractivity contribution in [3.63, 3.8) is 0 Å². The van der Waals surface area contributed by atoms with E-state index in [1.165, 1.54) is 0 Å². The van der Waals surface area contributed by atoms with Gasteiger partial charge in [0.25, 0.3) is 5.91 Å². The molecule has 1 aliphatic rings. The van der Waals surface area contributed by atoms with Crippen LogP contribution in [0.4, 0.5) is 0 Å². The Hall–Kier alpha value is -0.690. The van der Waals surface area contributed by atoms with Gasteiger partial charge in [-0.05, 0) is 47.6 Å². The van der Waals surface area contributed by atoms with Crippen LogP contribution in [0.25, 0.3) is 0 Å². The minimum absolute atomic E-state index is 0.112. The van der Waals surface area contributed by atoms with Crippen molar-refractivity contribution in [3.8, 4) is 0 Å². The van der Waals surface area contributed by atoms with Crippen molar-refractivity contribution in [2.75, 3.05) is 13.1 Å². The largest absolute Gasteiger partial charge is 0.393 e. The van der Waals surface area contributed by atoms with Gasteiger partial charge in [-0.2, -0.15) is 0 Å². The summed E-state index contributed by atoms with van der Waals surface area (Å²) in [6, 6.07) is 7.67. The van der Waals surface area contributed by atoms with Gasteiger partial charge < -0.3 is 10.6 Å². The number of rotatable bonds is 2. The van der Waals surface area contributed by atoms with Crippen LogP contribution in [0, 0.1) is 9.49 Å². The lowest BCUT2D eigenvalue weighted by Gasteiger charge is -2.31. The predicted molar refractivity (Wildman–Crippen MR) is 84.6 cm³/mol. The van der Waals surface area contributed by atoms with Crippen molar-refractivity contribution < 1.29 is 4.79 Å². The number of carbonyl (C=O) groups excluding carboxylic acids is 1. The molecule has 0 spiro atoms. The van der Waals surface area contributed by atoms with Gasteiger partial charge in [0.2, 0.25) is 0 Å². The van der Waals surface area contributed by atoms with Crippen LogP contribution >= 0.6 is 34.8 Å². The Morgan fingerprint density at radius 2 is 1.94 bits per heavy atom. The topological polar surface area (TPSA) is 46.3 Å². The molecule has 0 bridgehead atoms. The molecule has 1 saturated heterocycles. The van der Waals surface area contributed by atoms with E-state index in [0.717, 1.165) is 35.1 Å². The zero-order valence-electron chi connectivity index (χ0n) is 9.93. The van der Waals surface area contributed by atoms with Crippen molar-refractivity contribution in [3.05, 3.63) is 33.4 Å². The molecular weight excluding hydrogens is 359 g/mol. The summed E-state index contributed by atoms with van der Waals surface area (Å²) in [5.74, 6) is 0.403. The molecule has 0 saturated carbocycles. The number of amides is 1. The Morgan fingerprint density at radius 3 is 2.50 bits per heavy atom. The molecule has 0 aliphatic carbocycles. The molecule has 2 N–H and O–H groups in total. The monoisotopic (exact) mass is 374 g/mol. The predicted octanol–water partition coefficient (Wildman–Crippen LogP) is 2.43. The first-order chi connectivity index (χ1) is 8.59. The molecule has 1 aromatic rings. The summed E-state index contributed by atoms with van der Waals surface area (Å²) < 4.78 is 0.997. The van der Waals surface area contributed by atoms with Gasteiger partial charge in [-0.15, -0.1) is 0 Å². The van der Waals surface area contributed by atoms with Crippen molar-refractivity contribution in [2.45, 2.75) is 12.8 Å². The summed E-state index contributed by atoms with van der Waals surface area (Å²) in [7, 11) is 0. The van der Waals surface area contributed by atoms with E-state index in [4.69, 9.17) is 18.0 Å². The zero-order valence-corrected chi connectivity index (χ0v) is 12.9. The number of likely N-dealkylation sites (tertiary alicyclic amines) is 1. The minimum Gasteiger partial charge on any atom is -0.393 e. The Balaban J connectivity index is 2.04. The molecule has 3 nitrogen and oxygen atoms in total. The second-order valence-corrected chi connectivity index (χ2v) is 6.08. The second-order valence-electron chi connectivity index (χ2n) is 4.45. The number of hydrogen-bond donors (Lipinski definition) is 1. The lowest BCUT2D eigenvalue weighted by atomic mass is 9.96. The average Bonchev–Trinajstić information content (AvgIpc) is 2.38. The van der Waals surface area contributed by atoms with Gasteiger partial charge in [0.15, 0.2) is 0 Å². The summed E-state index contributed by atoms with van der Waals surface area (Å²) in [5, 5.41) is 0. The van der Waals surface area contributed by atoms with Gasteiger partial charge in [-0.3, -0.25) is 4.79 Å². The number of thiocarbonyl (C=S) groups is 1. The molecule has 1 aromatic carbocycles. The third-order valence-corrected chi connectivity index (χ3v) is 4.56. The number of hydrogen-bond acceptors (Lipinski definition) is 2. The Bertz CT molecular complexity index is 470. The van der Waals surface area contributed by atoms with Gasteiger partial charge in [-0.25, -0.2) is 0 Å². The normalized spacial score (nSPS) is 16.6. The molecule has 1 fully saturated rings. The molecule has 1 heterocycles. The van der Waals surface area contributed by atoms with Crippen molar-refractivity contribution in [1.82, 2.24) is 4.90 Å². The fourth-order valence-electron chi connectivity index (χ4n) is 2.17. The van der Waals surface area contributed by atoms with Crippen molar-refractivity contribution >= 4 is 45.7 Å². The maximum Gasteiger partial charge on any atom is 0.254 e. The third kappa shape index (κ3) is 3.00. The van der Waals surface area contributed by atoms with Gasteiger partial charge in [0.1, 0.15) is 0 Å². The molecule has 96 valence electrons. The van der Waals surface area contributed by atoms with E-state index in [-0.39, 0.29) is 5.91 Å². The van der Waals surface area contributed by atoms with Crippen molar-refractivity contribution in [2.24, 2.45) is 11.7 Å². The highest BCUT2D eigenvalue weighted by atomic mass is 127. The maximum absolute atomic E-state index is 12.4. The van der Waals surface area contributed by atoms with Crippen LogP contribution < -0.4 is 5.73 Å². The molecule has 2 rings (SSSR count). The smallest absolute Gasteiger partial charge is 0.254 e. The first-order valence-corrected chi connectivity index (χ1v) is 7.41. The number of nitrogens with two attached hydrogens (primary N) is 1. The standard InChI is InChI=1S/C13H15IN2OS/c14-11-4-2-1-3-10(11)13(17)16-7-5-9(6-8-16)12(15)18/h1-4,9H,5-8H2,(H2,15,18). The van der Waals surface area contributed by atoms with Crippen LogP contribution in [0.5, 0.6) is 0 Å². The SMILES string of the molecule is NC(=S)C1CCN(C(=O)c2ccccc2I)CC1. The van der Waals surface area contributed by atoms with E-state index in [1.807, 2.05) is 29.2 Å². The van der Waals surface area contributed by atoms with E-state index in [9.17, 15) is 4.79 Å². The van der Waals surface area contributed by atoms with Crippen LogP contribution in [0.3, 0.4) is 0 Å². The van der Waals surface area contributed by atoms with Gasteiger partial charge >= 0.3 is 0 Å². The lowest BCUT2D eigenvalue weighted by Crippen LogP contribution is -2.41. The maximum atomic E-state index is 12.4. The van der Waals surface area contributed by atoms with E-state index in [1.54, 1.807) is 0 Å². The zero-order chi connectivity index (χ0) is 13.1. The quantitative estimate of drug-likeness (QED) is 0.639. The fraction of sp³-hybridized carbons (Fsp3) is 0.385. The second kappa shape index (κ2) is 5.97. The van der Waals surface area contributed by atoms with Crippen LogP contribution in [0.2, 0.25) is 0 Å². The van der Waals surface area contributed by atoms with E-state index >= 15 is 0 Å². The number of halogens is 1. The van der Waals surface area contributed by atoms with Crippen molar-refractivity contribution in [1.29, 1.82) is 0 Å². The van der Waals surface area contributed by atoms with Gasteiger partial charge in [0.05, 0.1) is 10.6 Å². The Kier molecular flexibility index (Phi) is 4.55. The van der Waals surface area contributed by atoms with Crippen LogP contribution in [0.1, 0.15) is 23.2 Å². The molecular formula is C13H15IN2OS. The minimum atomic E-state index is 0.112. The molecule has 0 atom stereocenters. The molecule has 0 radical (unpaired) electrons. The highest BCUT2D eigenvalue weighted by molar-refractivity contribution is 14.1. The average molecular weight is 374 g/mol. The van der Waals surface area contributed by atoms with Gasteiger partial charge in [-0.1, -0.05) is 24.4 Å². The molecule has 0 unspecified atom stereocenters. The molecule has 18 heavy (non-hydrogen) atoms. The van der Waals surface area contributed by atoms with Crippen LogP contribution in [-0.2, 0) is 0 Å². The summed E-state index contributed by atoms with van der Waals surface area (Å²) >= 11 is 7.21. The first-order valence-electron chi connectivity index (χ1n) is 5.92. The number of carbonyl (C=O) groups is 1. The molecule has 5 heteroatoms. The third-order valence-electron chi connectivity index (χ3n) is 3.29. The Labute approximate surface area is 126 Å². The molecule has 1 amide bonds. The number of nitrogens with zero attached hydrogens (tertiary/aromatic N) is 1. The van der Waals surface area contributed by atoms with E-state index in [0.29, 0.717) is 10.9 Å². The summed E-state index contributed by atoms with van der Waals surface area (Å²) in [6.07, 6.45) is 1.76. The number of piperidine rings is 1. The van der Waals surface area contributed by atoms with E-state index in [2.05, 4.69) is 22.6 Å². The molecule has 1 aliphatic heterocycles. The fourth-order valence-corrected chi connectivity index (χ4v) is 3.03. The number of benzene rings is 1. The summed E-state index contributed by atoms with van der Waals surface area (Å²) in [5.41, 5.74) is 6.43. The highest BCUT2D eigenvalue weighted by Gasteiger charge is 2.25. The molecule has 0 aromatic heterocycles. The van der Waals surface area contributed by atoms with Gasteiger partial charge in [0, 0.05) is 22.6 Å². The van der Waals surface area contributed by atoms with Crippen LogP contribution in [0.15, 0.2) is 24.3 Å². The summed E-state index contributed by atoms with van der Waals surface area (Å²) in [6.45, 7) is 1.48. The van der Waals surface area contributed by atoms with Crippen LogP contribution in [-0.4, -0.2) is 28.9 Å². The lowest BCUT2D eigenvalue weighted by molar-refractivity contribution is 0.0709. The Morgan fingerprint density at radius 1 is 1.33 bits per heavy atom. The highest BCUT2D eigenvalue weighted by Crippen LogP contribution is 2.21. The van der Waals surface area contributed by atoms with E-state index < -0.39 is 0 Å². The summed E-state index contributed by atoms with van der Waals surface area (Å²) in [4.78, 5) is 14.8.